The molecule has 0 saturated heterocycles. The van der Waals surface area contributed by atoms with E-state index in [0.717, 1.165) is 11.1 Å². The van der Waals surface area contributed by atoms with E-state index in [1.165, 1.54) is 0 Å². The minimum absolute atomic E-state index is 0.154. The Kier molecular flexibility index (Phi) is 4.95. The highest BCUT2D eigenvalue weighted by molar-refractivity contribution is 6.31. The number of nitrogens with zero attached hydrogens (tertiary/aromatic N) is 1. The van der Waals surface area contributed by atoms with Crippen molar-refractivity contribution in [2.45, 2.75) is 13.3 Å². The molecule has 5 heteroatoms. The molecule has 2 aromatic carbocycles. The van der Waals surface area contributed by atoms with Crippen molar-refractivity contribution in [1.29, 1.82) is 0 Å². The number of hydrogen-bond donors (Lipinski definition) is 2. The molecule has 0 unspecified atom stereocenters. The predicted molar refractivity (Wildman–Crippen MR) is 84.2 cm³/mol. The monoisotopic (exact) mass is 302 g/mol. The van der Waals surface area contributed by atoms with Gasteiger partial charge in [0.05, 0.1) is 12.1 Å². The topological polar surface area (TPSA) is 61.7 Å². The smallest absolute Gasteiger partial charge is 0.228 e. The van der Waals surface area contributed by atoms with Gasteiger partial charge in [0, 0.05) is 16.3 Å². The third-order valence-electron chi connectivity index (χ3n) is 3.02. The van der Waals surface area contributed by atoms with Gasteiger partial charge in [0.15, 0.2) is 0 Å². The minimum atomic E-state index is -0.154. The lowest BCUT2D eigenvalue weighted by Crippen LogP contribution is -2.15. The van der Waals surface area contributed by atoms with Crippen LogP contribution in [0, 0.1) is 0 Å². The first-order valence-electron chi connectivity index (χ1n) is 6.42. The van der Waals surface area contributed by atoms with Crippen molar-refractivity contribution in [3.63, 3.8) is 0 Å². The Hall–Kier alpha value is -2.33. The summed E-state index contributed by atoms with van der Waals surface area (Å²) in [4.78, 5) is 12.0. The molecule has 0 aliphatic rings. The summed E-state index contributed by atoms with van der Waals surface area (Å²) >= 11 is 6.03. The molecule has 21 heavy (non-hydrogen) atoms. The van der Waals surface area contributed by atoms with Crippen LogP contribution in [-0.2, 0) is 11.2 Å². The lowest BCUT2D eigenvalue weighted by atomic mass is 10.1. The van der Waals surface area contributed by atoms with Crippen LogP contribution in [0.15, 0.2) is 53.7 Å². The number of carbonyl (C=O) groups excluding carboxylic acids is 1. The van der Waals surface area contributed by atoms with Crippen molar-refractivity contribution in [3.05, 3.63) is 64.7 Å². The van der Waals surface area contributed by atoms with Crippen molar-refractivity contribution in [2.75, 3.05) is 5.32 Å². The molecular weight excluding hydrogens is 288 g/mol. The van der Waals surface area contributed by atoms with E-state index in [9.17, 15) is 4.79 Å². The molecule has 4 nitrogen and oxygen atoms in total. The molecule has 2 aromatic rings. The molecule has 0 aromatic heterocycles. The van der Waals surface area contributed by atoms with E-state index in [1.807, 2.05) is 18.2 Å². The summed E-state index contributed by atoms with van der Waals surface area (Å²) < 4.78 is 0. The fraction of sp³-hybridized carbons (Fsp3) is 0.125. The number of hydrogen-bond acceptors (Lipinski definition) is 3. The molecule has 0 bridgehead atoms. The first kappa shape index (κ1) is 15.1. The Labute approximate surface area is 128 Å². The van der Waals surface area contributed by atoms with Gasteiger partial charge in [-0.1, -0.05) is 47.1 Å². The van der Waals surface area contributed by atoms with Crippen LogP contribution in [0.3, 0.4) is 0 Å². The first-order chi connectivity index (χ1) is 10.1. The lowest BCUT2D eigenvalue weighted by molar-refractivity contribution is -0.115. The Morgan fingerprint density at radius 3 is 2.71 bits per heavy atom. The molecule has 0 aliphatic carbocycles. The summed E-state index contributed by atoms with van der Waals surface area (Å²) in [6.45, 7) is 1.69. The van der Waals surface area contributed by atoms with Crippen molar-refractivity contribution in [3.8, 4) is 0 Å². The lowest BCUT2D eigenvalue weighted by Gasteiger charge is -2.08. The zero-order valence-corrected chi connectivity index (χ0v) is 12.3. The Bertz CT molecular complexity index is 683. The van der Waals surface area contributed by atoms with Crippen LogP contribution in [-0.4, -0.2) is 16.8 Å². The zero-order chi connectivity index (χ0) is 15.2. The molecular formula is C16H15ClN2O2. The van der Waals surface area contributed by atoms with Gasteiger partial charge in [-0.2, -0.15) is 0 Å². The largest absolute Gasteiger partial charge is 0.411 e. The maximum Gasteiger partial charge on any atom is 0.228 e. The van der Waals surface area contributed by atoms with Gasteiger partial charge in [-0.05, 0) is 30.7 Å². The number of amides is 1. The van der Waals surface area contributed by atoms with E-state index in [-0.39, 0.29) is 12.3 Å². The number of nitrogens with one attached hydrogen (secondary N) is 1. The van der Waals surface area contributed by atoms with E-state index in [4.69, 9.17) is 16.8 Å². The van der Waals surface area contributed by atoms with Crippen LogP contribution in [0.2, 0.25) is 5.02 Å². The quantitative estimate of drug-likeness (QED) is 0.513. The number of rotatable bonds is 4. The number of halogens is 1. The summed E-state index contributed by atoms with van der Waals surface area (Å²) in [6, 6.07) is 14.4. The third-order valence-corrected chi connectivity index (χ3v) is 3.39. The molecule has 0 radical (unpaired) electrons. The molecule has 2 N–H and O–H groups in total. The summed E-state index contributed by atoms with van der Waals surface area (Å²) in [5.41, 5.74) is 2.65. The highest BCUT2D eigenvalue weighted by Crippen LogP contribution is 2.17. The fourth-order valence-electron chi connectivity index (χ4n) is 1.90. The van der Waals surface area contributed by atoms with Gasteiger partial charge in [-0.15, -0.1) is 0 Å². The highest BCUT2D eigenvalue weighted by atomic mass is 35.5. The van der Waals surface area contributed by atoms with Gasteiger partial charge < -0.3 is 10.5 Å². The van der Waals surface area contributed by atoms with Crippen molar-refractivity contribution >= 4 is 28.9 Å². The van der Waals surface area contributed by atoms with E-state index < -0.39 is 0 Å². The second kappa shape index (κ2) is 6.90. The van der Waals surface area contributed by atoms with Gasteiger partial charge in [0.2, 0.25) is 5.91 Å². The average Bonchev–Trinajstić information content (AvgIpc) is 2.49. The van der Waals surface area contributed by atoms with Gasteiger partial charge in [0.25, 0.3) is 0 Å². The van der Waals surface area contributed by atoms with Crippen LogP contribution < -0.4 is 5.32 Å². The van der Waals surface area contributed by atoms with Crippen molar-refractivity contribution in [1.82, 2.24) is 0 Å². The van der Waals surface area contributed by atoms with Crippen LogP contribution in [0.1, 0.15) is 18.1 Å². The number of benzene rings is 2. The maximum absolute atomic E-state index is 12.0. The molecule has 0 heterocycles. The molecule has 2 rings (SSSR count). The van der Waals surface area contributed by atoms with E-state index in [1.54, 1.807) is 37.3 Å². The van der Waals surface area contributed by atoms with Crippen molar-refractivity contribution < 1.29 is 10.0 Å². The predicted octanol–water partition coefficient (Wildman–Crippen LogP) is 3.72. The van der Waals surface area contributed by atoms with Crippen LogP contribution in [0.25, 0.3) is 0 Å². The van der Waals surface area contributed by atoms with Crippen LogP contribution >= 0.6 is 11.6 Å². The summed E-state index contributed by atoms with van der Waals surface area (Å²) in [5.74, 6) is -0.154. The van der Waals surface area contributed by atoms with Gasteiger partial charge in [0.1, 0.15) is 0 Å². The first-order valence-corrected chi connectivity index (χ1v) is 6.80. The molecule has 108 valence electrons. The Balaban J connectivity index is 2.08. The van der Waals surface area contributed by atoms with Crippen molar-refractivity contribution in [2.24, 2.45) is 5.16 Å². The second-order valence-corrected chi connectivity index (χ2v) is 4.99. The van der Waals surface area contributed by atoms with E-state index >= 15 is 0 Å². The van der Waals surface area contributed by atoms with Gasteiger partial charge in [-0.25, -0.2) is 0 Å². The number of carbonyl (C=O) groups is 1. The highest BCUT2D eigenvalue weighted by Gasteiger charge is 2.08. The molecule has 0 saturated carbocycles. The molecule has 1 amide bonds. The Morgan fingerprint density at radius 1 is 1.24 bits per heavy atom. The third kappa shape index (κ3) is 4.07. The van der Waals surface area contributed by atoms with Gasteiger partial charge >= 0.3 is 0 Å². The second-order valence-electron chi connectivity index (χ2n) is 4.58. The SMILES string of the molecule is C/C(=N\O)c1cccc(NC(=O)Cc2ccccc2Cl)c1. The molecule has 0 aliphatic heterocycles. The summed E-state index contributed by atoms with van der Waals surface area (Å²) in [5, 5.41) is 15.3. The normalized spacial score (nSPS) is 11.2. The zero-order valence-electron chi connectivity index (χ0n) is 11.5. The van der Waals surface area contributed by atoms with Gasteiger partial charge in [-0.3, -0.25) is 4.79 Å². The van der Waals surface area contributed by atoms with Crippen LogP contribution in [0.5, 0.6) is 0 Å². The standard InChI is InChI=1S/C16H15ClN2O2/c1-11(19-21)12-6-4-7-14(9-12)18-16(20)10-13-5-2-3-8-15(13)17/h2-9,21H,10H2,1H3,(H,18,20)/b19-11+. The Morgan fingerprint density at radius 2 is 2.00 bits per heavy atom. The molecule has 0 fully saturated rings. The van der Waals surface area contributed by atoms with E-state index in [2.05, 4.69) is 10.5 Å². The summed E-state index contributed by atoms with van der Waals surface area (Å²) in [7, 11) is 0. The number of oxime groups is 1. The molecule has 0 atom stereocenters. The fourth-order valence-corrected chi connectivity index (χ4v) is 2.10. The average molecular weight is 303 g/mol. The maximum atomic E-state index is 12.0. The van der Waals surface area contributed by atoms with Crippen LogP contribution in [0.4, 0.5) is 5.69 Å². The summed E-state index contributed by atoms with van der Waals surface area (Å²) in [6.07, 6.45) is 0.205. The van der Waals surface area contributed by atoms with E-state index in [0.29, 0.717) is 16.4 Å². The minimum Gasteiger partial charge on any atom is -0.411 e. The molecule has 0 spiro atoms. The number of anilines is 1.